The molecule has 1 aliphatic heterocycles. The highest BCUT2D eigenvalue weighted by Crippen LogP contribution is 2.24. The zero-order valence-electron chi connectivity index (χ0n) is 12.2. The number of amides is 1. The molecule has 0 aliphatic carbocycles. The van der Waals surface area contributed by atoms with Crippen molar-refractivity contribution in [2.75, 3.05) is 33.3 Å². The van der Waals surface area contributed by atoms with Gasteiger partial charge in [0.1, 0.15) is 0 Å². The summed E-state index contributed by atoms with van der Waals surface area (Å²) in [6.45, 7) is 0.486. The van der Waals surface area contributed by atoms with Gasteiger partial charge in [0.25, 0.3) is 5.91 Å². The number of nitrogens with zero attached hydrogens (tertiary/aromatic N) is 2. The Bertz CT molecular complexity index is 522. The van der Waals surface area contributed by atoms with E-state index in [1.807, 2.05) is 7.05 Å². The van der Waals surface area contributed by atoms with Crippen molar-refractivity contribution in [1.29, 1.82) is 0 Å². The molecule has 0 spiro atoms. The van der Waals surface area contributed by atoms with Crippen molar-refractivity contribution >= 4 is 5.91 Å². The van der Waals surface area contributed by atoms with Crippen LogP contribution in [0.15, 0.2) is 18.3 Å². The van der Waals surface area contributed by atoms with Gasteiger partial charge in [0.15, 0.2) is 18.1 Å². The highest BCUT2D eigenvalue weighted by molar-refractivity contribution is 5.95. The first-order valence-corrected chi connectivity index (χ1v) is 6.99. The number of alkyl halides is 3. The molecule has 1 N–H and O–H groups in total. The van der Waals surface area contributed by atoms with E-state index in [9.17, 15) is 18.0 Å². The van der Waals surface area contributed by atoms with E-state index in [2.05, 4.69) is 10.3 Å². The first-order valence-electron chi connectivity index (χ1n) is 6.99. The highest BCUT2D eigenvalue weighted by Gasteiger charge is 2.31. The lowest BCUT2D eigenvalue weighted by molar-refractivity contribution is -0.153. The van der Waals surface area contributed by atoms with Gasteiger partial charge in [0, 0.05) is 19.3 Å². The first-order chi connectivity index (χ1) is 10.4. The Hall–Kier alpha value is -1.83. The number of aromatic nitrogens is 1. The summed E-state index contributed by atoms with van der Waals surface area (Å²) >= 11 is 0. The summed E-state index contributed by atoms with van der Waals surface area (Å²) in [5, 5.41) is 3.05. The van der Waals surface area contributed by atoms with Crippen LogP contribution in [0.3, 0.4) is 0 Å². The van der Waals surface area contributed by atoms with E-state index >= 15 is 0 Å². The highest BCUT2D eigenvalue weighted by atomic mass is 19.4. The molecule has 0 radical (unpaired) electrons. The van der Waals surface area contributed by atoms with Gasteiger partial charge in [-0.2, -0.15) is 13.2 Å². The molecule has 22 heavy (non-hydrogen) atoms. The van der Waals surface area contributed by atoms with Crippen LogP contribution in [0.1, 0.15) is 16.9 Å². The Balaban J connectivity index is 2.07. The van der Waals surface area contributed by atoms with Crippen LogP contribution in [0.4, 0.5) is 13.2 Å². The van der Waals surface area contributed by atoms with E-state index in [-0.39, 0.29) is 11.4 Å². The van der Waals surface area contributed by atoms with Gasteiger partial charge in [-0.25, -0.2) is 4.98 Å². The van der Waals surface area contributed by atoms with Gasteiger partial charge in [-0.3, -0.25) is 4.79 Å². The van der Waals surface area contributed by atoms with Gasteiger partial charge in [-0.05, 0) is 38.1 Å². The Morgan fingerprint density at radius 1 is 1.55 bits per heavy atom. The molecule has 1 saturated heterocycles. The maximum atomic E-state index is 12.4. The number of carbonyl (C=O) groups is 1. The van der Waals surface area contributed by atoms with Crippen LogP contribution in [0, 0.1) is 5.92 Å². The molecule has 0 bridgehead atoms. The molecule has 0 unspecified atom stereocenters. The van der Waals surface area contributed by atoms with Crippen LogP contribution in [0.5, 0.6) is 5.75 Å². The number of rotatable bonds is 5. The Labute approximate surface area is 126 Å². The molecule has 1 atom stereocenters. The summed E-state index contributed by atoms with van der Waals surface area (Å²) in [6, 6.07) is 2.77. The second kappa shape index (κ2) is 6.95. The number of likely N-dealkylation sites (tertiary alicyclic amines) is 1. The van der Waals surface area contributed by atoms with Crippen LogP contribution in [-0.2, 0) is 0 Å². The quantitative estimate of drug-likeness (QED) is 0.898. The minimum atomic E-state index is -4.46. The molecular weight excluding hydrogens is 299 g/mol. The number of carbonyl (C=O) groups excluding carboxylic acids is 1. The molecule has 0 saturated carbocycles. The molecule has 1 amide bonds. The molecule has 0 aromatic carbocycles. The van der Waals surface area contributed by atoms with Gasteiger partial charge in [-0.15, -0.1) is 0 Å². The third-order valence-corrected chi connectivity index (χ3v) is 3.43. The van der Waals surface area contributed by atoms with Crippen LogP contribution >= 0.6 is 0 Å². The minimum absolute atomic E-state index is 0.0724. The predicted molar refractivity (Wildman–Crippen MR) is 73.7 cm³/mol. The third kappa shape index (κ3) is 4.33. The fraction of sp³-hybridized carbons (Fsp3) is 0.571. The van der Waals surface area contributed by atoms with Gasteiger partial charge in [0.2, 0.25) is 0 Å². The van der Waals surface area contributed by atoms with Crippen molar-refractivity contribution in [3.8, 4) is 5.75 Å². The Kier molecular flexibility index (Phi) is 5.23. The number of hydrogen-bond donors (Lipinski definition) is 1. The van der Waals surface area contributed by atoms with E-state index in [0.29, 0.717) is 19.0 Å². The fourth-order valence-corrected chi connectivity index (χ4v) is 2.45. The van der Waals surface area contributed by atoms with E-state index < -0.39 is 18.7 Å². The normalized spacial score (nSPS) is 18.5. The van der Waals surface area contributed by atoms with Gasteiger partial charge in [0.05, 0.1) is 0 Å². The topological polar surface area (TPSA) is 54.5 Å². The molecule has 1 aromatic rings. The van der Waals surface area contributed by atoms with E-state index in [4.69, 9.17) is 4.74 Å². The van der Waals surface area contributed by atoms with Crippen molar-refractivity contribution in [1.82, 2.24) is 15.2 Å². The van der Waals surface area contributed by atoms with Crippen molar-refractivity contribution in [3.63, 3.8) is 0 Å². The van der Waals surface area contributed by atoms with Crippen LogP contribution in [-0.4, -0.2) is 55.3 Å². The molecule has 122 valence electrons. The Morgan fingerprint density at radius 2 is 2.32 bits per heavy atom. The first kappa shape index (κ1) is 16.5. The van der Waals surface area contributed by atoms with E-state index in [1.54, 1.807) is 4.90 Å². The lowest BCUT2D eigenvalue weighted by Gasteiger charge is -2.18. The molecule has 2 rings (SSSR count). The van der Waals surface area contributed by atoms with Crippen LogP contribution in [0.25, 0.3) is 0 Å². The monoisotopic (exact) mass is 317 g/mol. The molecule has 2 heterocycles. The van der Waals surface area contributed by atoms with Crippen molar-refractivity contribution < 1.29 is 22.7 Å². The van der Waals surface area contributed by atoms with E-state index in [0.717, 1.165) is 13.0 Å². The smallest absolute Gasteiger partial charge is 0.422 e. The zero-order valence-corrected chi connectivity index (χ0v) is 12.2. The Morgan fingerprint density at radius 3 is 3.00 bits per heavy atom. The molecule has 8 heteroatoms. The summed E-state index contributed by atoms with van der Waals surface area (Å²) in [4.78, 5) is 17.9. The minimum Gasteiger partial charge on any atom is -0.482 e. The zero-order chi connectivity index (χ0) is 16.2. The van der Waals surface area contributed by atoms with Gasteiger partial charge < -0.3 is 15.0 Å². The molecule has 5 nitrogen and oxygen atoms in total. The molecule has 1 aliphatic rings. The predicted octanol–water partition coefficient (Wildman–Crippen LogP) is 1.70. The largest absolute Gasteiger partial charge is 0.482 e. The molecular formula is C14H18F3N3O2. The molecule has 1 fully saturated rings. The second-order valence-electron chi connectivity index (χ2n) is 5.22. The lowest BCUT2D eigenvalue weighted by Crippen LogP contribution is -2.31. The second-order valence-corrected chi connectivity index (χ2v) is 5.22. The number of nitrogens with one attached hydrogen (secondary N) is 1. The number of ether oxygens (including phenoxy) is 1. The number of hydrogen-bond acceptors (Lipinski definition) is 4. The molecule has 1 aromatic heterocycles. The maximum Gasteiger partial charge on any atom is 0.422 e. The average Bonchev–Trinajstić information content (AvgIpc) is 2.93. The van der Waals surface area contributed by atoms with Crippen molar-refractivity contribution in [2.24, 2.45) is 5.92 Å². The van der Waals surface area contributed by atoms with Crippen molar-refractivity contribution in [3.05, 3.63) is 24.0 Å². The summed E-state index contributed by atoms with van der Waals surface area (Å²) in [5.74, 6) is -0.185. The summed E-state index contributed by atoms with van der Waals surface area (Å²) in [5.41, 5.74) is -0.0724. The third-order valence-electron chi connectivity index (χ3n) is 3.43. The number of pyridine rings is 1. The summed E-state index contributed by atoms with van der Waals surface area (Å²) < 4.78 is 41.5. The summed E-state index contributed by atoms with van der Waals surface area (Å²) in [7, 11) is 1.84. The average molecular weight is 317 g/mol. The SMILES string of the molecule is CNC[C@H]1CCN(C(=O)c2ncccc2OCC(F)(F)F)C1. The van der Waals surface area contributed by atoms with Gasteiger partial charge in [-0.1, -0.05) is 0 Å². The van der Waals surface area contributed by atoms with Crippen molar-refractivity contribution in [2.45, 2.75) is 12.6 Å². The lowest BCUT2D eigenvalue weighted by atomic mass is 10.1. The van der Waals surface area contributed by atoms with Crippen LogP contribution < -0.4 is 10.1 Å². The van der Waals surface area contributed by atoms with E-state index in [1.165, 1.54) is 18.3 Å². The fourth-order valence-electron chi connectivity index (χ4n) is 2.45. The van der Waals surface area contributed by atoms with Gasteiger partial charge >= 0.3 is 6.18 Å². The standard InChI is InChI=1S/C14H18F3N3O2/c1-18-7-10-4-6-20(8-10)13(21)12-11(3-2-5-19-12)22-9-14(15,16)17/h2-3,5,10,18H,4,6-9H2,1H3/t10-/m1/s1. The number of halogens is 3. The maximum absolute atomic E-state index is 12.4. The van der Waals surface area contributed by atoms with Crippen LogP contribution in [0.2, 0.25) is 0 Å². The summed E-state index contributed by atoms with van der Waals surface area (Å²) in [6.07, 6.45) is -2.23.